The summed E-state index contributed by atoms with van der Waals surface area (Å²) in [7, 11) is 0. The van der Waals surface area contributed by atoms with Gasteiger partial charge < -0.3 is 5.32 Å². The lowest BCUT2D eigenvalue weighted by molar-refractivity contribution is -0.137. The van der Waals surface area contributed by atoms with E-state index in [1.807, 2.05) is 5.32 Å². The molecule has 0 aliphatic rings. The fraction of sp³-hybridized carbons (Fsp3) is 0.286. The molecule has 1 amide bonds. The zero-order chi connectivity index (χ0) is 25.3. The maximum Gasteiger partial charge on any atom is 0.419 e. The van der Waals surface area contributed by atoms with Crippen LogP contribution in [0, 0.1) is 0 Å². The van der Waals surface area contributed by atoms with Crippen molar-refractivity contribution in [1.29, 1.82) is 0 Å². The summed E-state index contributed by atoms with van der Waals surface area (Å²) in [6, 6.07) is 5.68. The van der Waals surface area contributed by atoms with E-state index in [2.05, 4.69) is 10.1 Å². The number of carbonyl (C=O) groups is 1. The number of halogens is 8. The van der Waals surface area contributed by atoms with E-state index in [1.54, 1.807) is 0 Å². The number of amides is 1. The summed E-state index contributed by atoms with van der Waals surface area (Å²) in [6.45, 7) is -0.0999. The molecule has 182 valence electrons. The van der Waals surface area contributed by atoms with Gasteiger partial charge in [-0.1, -0.05) is 36.7 Å². The number of benzene rings is 1. The van der Waals surface area contributed by atoms with Gasteiger partial charge in [0.25, 0.3) is 11.8 Å². The first kappa shape index (κ1) is 25.5. The minimum Gasteiger partial charge on any atom is -0.346 e. The lowest BCUT2D eigenvalue weighted by Crippen LogP contribution is -2.36. The van der Waals surface area contributed by atoms with Gasteiger partial charge in [0.2, 0.25) is 0 Å². The van der Waals surface area contributed by atoms with Gasteiger partial charge in [-0.3, -0.25) is 9.78 Å². The Labute approximate surface area is 193 Å². The Kier molecular flexibility index (Phi) is 6.92. The smallest absolute Gasteiger partial charge is 0.346 e. The maximum absolute atomic E-state index is 14.7. The highest BCUT2D eigenvalue weighted by Gasteiger charge is 2.38. The highest BCUT2D eigenvalue weighted by Crippen LogP contribution is 2.35. The van der Waals surface area contributed by atoms with Crippen molar-refractivity contribution in [2.24, 2.45) is 0 Å². The number of aromatic nitrogens is 3. The quantitative estimate of drug-likeness (QED) is 0.400. The normalized spacial score (nSPS) is 12.6. The van der Waals surface area contributed by atoms with Crippen LogP contribution in [0.1, 0.15) is 40.5 Å². The van der Waals surface area contributed by atoms with Gasteiger partial charge in [0.1, 0.15) is 5.69 Å². The molecule has 0 bridgehead atoms. The Morgan fingerprint density at radius 3 is 2.32 bits per heavy atom. The molecule has 2 heterocycles. The standard InChI is InChI=1S/C21H16ClF7N4O/c1-2-19(23,24)15-6-4-3-5-14(15)18(34)31-11-20(25,26)17-16(22)7-13(9-30-17)33-10-12(8-32-33)21(27,28)29/h3-10H,2,11H2,1H3,(H,31,34). The number of nitrogens with one attached hydrogen (secondary N) is 1. The Balaban J connectivity index is 1.79. The summed E-state index contributed by atoms with van der Waals surface area (Å²) >= 11 is 5.88. The van der Waals surface area contributed by atoms with Crippen molar-refractivity contribution in [3.63, 3.8) is 0 Å². The molecule has 3 rings (SSSR count). The van der Waals surface area contributed by atoms with Crippen molar-refractivity contribution >= 4 is 17.5 Å². The summed E-state index contributed by atoms with van der Waals surface area (Å²) in [4.78, 5) is 15.9. The number of nitrogens with zero attached hydrogens (tertiary/aromatic N) is 3. The molecular formula is C21H16ClF7N4O. The van der Waals surface area contributed by atoms with Gasteiger partial charge in [-0.05, 0) is 12.1 Å². The van der Waals surface area contributed by atoms with Crippen LogP contribution < -0.4 is 5.32 Å². The van der Waals surface area contributed by atoms with Gasteiger partial charge in [-0.15, -0.1) is 0 Å². The fourth-order valence-electron chi connectivity index (χ4n) is 2.99. The third-order valence-electron chi connectivity index (χ3n) is 4.83. The van der Waals surface area contributed by atoms with Crippen LogP contribution in [0.4, 0.5) is 30.7 Å². The van der Waals surface area contributed by atoms with E-state index in [0.717, 1.165) is 29.1 Å². The maximum atomic E-state index is 14.7. The van der Waals surface area contributed by atoms with Gasteiger partial charge in [0, 0.05) is 23.7 Å². The third kappa shape index (κ3) is 5.32. The van der Waals surface area contributed by atoms with Crippen molar-refractivity contribution in [1.82, 2.24) is 20.1 Å². The highest BCUT2D eigenvalue weighted by molar-refractivity contribution is 6.31. The Morgan fingerprint density at radius 2 is 1.74 bits per heavy atom. The van der Waals surface area contributed by atoms with Gasteiger partial charge in [0.15, 0.2) is 0 Å². The molecule has 0 spiro atoms. The van der Waals surface area contributed by atoms with Gasteiger partial charge in [-0.25, -0.2) is 13.5 Å². The Bertz CT molecular complexity index is 1190. The molecule has 2 aromatic heterocycles. The average Bonchev–Trinajstić information content (AvgIpc) is 3.28. The highest BCUT2D eigenvalue weighted by atomic mass is 35.5. The molecule has 0 radical (unpaired) electrons. The van der Waals surface area contributed by atoms with Crippen molar-refractivity contribution in [2.75, 3.05) is 6.54 Å². The first-order valence-corrected chi connectivity index (χ1v) is 10.1. The molecule has 34 heavy (non-hydrogen) atoms. The van der Waals surface area contributed by atoms with E-state index in [4.69, 9.17) is 11.6 Å². The van der Waals surface area contributed by atoms with Gasteiger partial charge in [0.05, 0.1) is 35.2 Å². The molecule has 0 saturated heterocycles. The van der Waals surface area contributed by atoms with E-state index in [1.165, 1.54) is 19.1 Å². The summed E-state index contributed by atoms with van der Waals surface area (Å²) in [5.41, 5.74) is -3.20. The lowest BCUT2D eigenvalue weighted by Gasteiger charge is -2.20. The molecule has 13 heteroatoms. The molecule has 1 aromatic carbocycles. The molecule has 3 aromatic rings. The second-order valence-corrected chi connectivity index (χ2v) is 7.59. The molecule has 5 nitrogen and oxygen atoms in total. The van der Waals surface area contributed by atoms with Crippen LogP contribution in [0.5, 0.6) is 0 Å². The van der Waals surface area contributed by atoms with Crippen molar-refractivity contribution in [2.45, 2.75) is 31.4 Å². The van der Waals surface area contributed by atoms with E-state index in [0.29, 0.717) is 12.4 Å². The molecular weight excluding hydrogens is 493 g/mol. The number of alkyl halides is 7. The fourth-order valence-corrected chi connectivity index (χ4v) is 3.29. The molecule has 0 saturated carbocycles. The summed E-state index contributed by atoms with van der Waals surface area (Å²) in [5, 5.41) is 4.81. The second kappa shape index (κ2) is 9.24. The van der Waals surface area contributed by atoms with Crippen LogP contribution in [0.15, 0.2) is 48.9 Å². The zero-order valence-electron chi connectivity index (χ0n) is 17.3. The average molecular weight is 509 g/mol. The number of hydrogen-bond acceptors (Lipinski definition) is 3. The minimum absolute atomic E-state index is 0.111. The first-order valence-electron chi connectivity index (χ1n) is 9.68. The molecule has 0 aliphatic heterocycles. The van der Waals surface area contributed by atoms with Gasteiger partial charge >= 0.3 is 12.1 Å². The van der Waals surface area contributed by atoms with Crippen LogP contribution in [-0.2, 0) is 18.0 Å². The number of hydrogen-bond donors (Lipinski definition) is 1. The largest absolute Gasteiger partial charge is 0.419 e. The first-order chi connectivity index (χ1) is 15.8. The Hall–Kier alpha value is -3.15. The molecule has 0 unspecified atom stereocenters. The SMILES string of the molecule is CCC(F)(F)c1ccccc1C(=O)NCC(F)(F)c1ncc(-n2cc(C(F)(F)F)cn2)cc1Cl. The lowest BCUT2D eigenvalue weighted by atomic mass is 9.99. The summed E-state index contributed by atoms with van der Waals surface area (Å²) < 4.78 is 96.6. The minimum atomic E-state index is -4.65. The van der Waals surface area contributed by atoms with Crippen LogP contribution in [-0.4, -0.2) is 27.2 Å². The number of carbonyl (C=O) groups excluding carboxylic acids is 1. The number of rotatable bonds is 7. The van der Waals surface area contributed by atoms with E-state index >= 15 is 0 Å². The van der Waals surface area contributed by atoms with Crippen LogP contribution in [0.3, 0.4) is 0 Å². The Morgan fingerprint density at radius 1 is 1.06 bits per heavy atom. The predicted octanol–water partition coefficient (Wildman–Crippen LogP) is 5.96. The monoisotopic (exact) mass is 508 g/mol. The molecule has 1 N–H and O–H groups in total. The van der Waals surface area contributed by atoms with E-state index < -0.39 is 64.3 Å². The van der Waals surface area contributed by atoms with Crippen LogP contribution >= 0.6 is 11.6 Å². The molecule has 0 aliphatic carbocycles. The molecule has 0 atom stereocenters. The number of pyridine rings is 1. The summed E-state index contributed by atoms with van der Waals surface area (Å²) in [6.07, 6.45) is -3.23. The zero-order valence-corrected chi connectivity index (χ0v) is 18.1. The topological polar surface area (TPSA) is 59.8 Å². The van der Waals surface area contributed by atoms with Crippen molar-refractivity contribution in [3.05, 3.63) is 76.3 Å². The summed E-state index contributed by atoms with van der Waals surface area (Å²) in [5.74, 6) is -8.31. The van der Waals surface area contributed by atoms with Crippen molar-refractivity contribution < 1.29 is 35.5 Å². The van der Waals surface area contributed by atoms with E-state index in [-0.39, 0.29) is 5.69 Å². The molecule has 0 fully saturated rings. The van der Waals surface area contributed by atoms with Crippen molar-refractivity contribution in [3.8, 4) is 5.69 Å². The predicted molar refractivity (Wildman–Crippen MR) is 108 cm³/mol. The van der Waals surface area contributed by atoms with Crippen LogP contribution in [0.25, 0.3) is 5.69 Å². The third-order valence-corrected chi connectivity index (χ3v) is 5.12. The van der Waals surface area contributed by atoms with E-state index in [9.17, 15) is 35.5 Å². The van der Waals surface area contributed by atoms with Crippen LogP contribution in [0.2, 0.25) is 5.02 Å². The second-order valence-electron chi connectivity index (χ2n) is 7.19. The van der Waals surface area contributed by atoms with Gasteiger partial charge in [-0.2, -0.15) is 27.1 Å².